The molecule has 0 saturated carbocycles. The Labute approximate surface area is 147 Å². The maximum Gasteiger partial charge on any atom is 0.262 e. The van der Waals surface area contributed by atoms with Crippen LogP contribution in [0.15, 0.2) is 35.1 Å². The number of nitrogens with zero attached hydrogens (tertiary/aromatic N) is 2. The Balaban J connectivity index is 1.75. The predicted octanol–water partition coefficient (Wildman–Crippen LogP) is 0.856. The van der Waals surface area contributed by atoms with Crippen LogP contribution in [-0.2, 0) is 0 Å². The average molecular weight is 356 g/mol. The molecule has 2 aliphatic rings. The Morgan fingerprint density at radius 1 is 0.960 bits per heavy atom. The molecule has 2 amide bonds. The van der Waals surface area contributed by atoms with Gasteiger partial charge in [-0.2, -0.15) is 11.8 Å². The molecule has 1 saturated heterocycles. The summed E-state index contributed by atoms with van der Waals surface area (Å²) in [5.74, 6) is 1.01. The number of nitrogen functional groups attached to an aromatic ring is 1. The molecule has 2 aliphatic heterocycles. The molecule has 0 bridgehead atoms. The minimum atomic E-state index is -0.589. The van der Waals surface area contributed by atoms with Crippen molar-refractivity contribution in [3.05, 3.63) is 51.8 Å². The number of hydrogen-bond donors (Lipinski definition) is 2. The molecule has 0 unspecified atom stereocenters. The molecule has 1 fully saturated rings. The zero-order valence-electron chi connectivity index (χ0n) is 13.3. The van der Waals surface area contributed by atoms with E-state index in [1.165, 1.54) is 4.57 Å². The highest BCUT2D eigenvalue weighted by atomic mass is 32.2. The molecular weight excluding hydrogens is 340 g/mol. The lowest BCUT2D eigenvalue weighted by atomic mass is 10.1. The summed E-state index contributed by atoms with van der Waals surface area (Å²) >= 11 is 1.94. The highest BCUT2D eigenvalue weighted by molar-refractivity contribution is 7.99. The fourth-order valence-electron chi connectivity index (χ4n) is 3.18. The van der Waals surface area contributed by atoms with Crippen molar-refractivity contribution in [1.29, 1.82) is 0 Å². The van der Waals surface area contributed by atoms with Gasteiger partial charge in [-0.1, -0.05) is 0 Å². The standard InChI is InChI=1S/C17H16N4O3S/c18-15-14-12(16(23)19-17(14)24)9-13(22)21(15)11-3-1-10(2-4-11)20-5-7-25-8-6-20/h1-4,9H,5-8,18H2,(H,19,23,24). The summed E-state index contributed by atoms with van der Waals surface area (Å²) in [6.45, 7) is 1.99. The summed E-state index contributed by atoms with van der Waals surface area (Å²) in [4.78, 5) is 38.3. The molecular formula is C17H16N4O3S. The number of nitrogens with two attached hydrogens (primary N) is 1. The molecule has 8 heteroatoms. The first-order valence-electron chi connectivity index (χ1n) is 7.90. The average Bonchev–Trinajstić information content (AvgIpc) is 2.90. The second kappa shape index (κ2) is 5.96. The summed E-state index contributed by atoms with van der Waals surface area (Å²) < 4.78 is 1.26. The van der Waals surface area contributed by atoms with Crippen molar-refractivity contribution in [3.63, 3.8) is 0 Å². The third kappa shape index (κ3) is 2.58. The van der Waals surface area contributed by atoms with Gasteiger partial charge in [0.05, 0.1) is 16.8 Å². The van der Waals surface area contributed by atoms with E-state index in [9.17, 15) is 14.4 Å². The number of amides is 2. The number of anilines is 2. The van der Waals surface area contributed by atoms with Gasteiger partial charge in [-0.25, -0.2) is 0 Å². The summed E-state index contributed by atoms with van der Waals surface area (Å²) in [6.07, 6.45) is 0. The van der Waals surface area contributed by atoms with Crippen LogP contribution in [0, 0.1) is 0 Å². The van der Waals surface area contributed by atoms with Gasteiger partial charge >= 0.3 is 0 Å². The fourth-order valence-corrected chi connectivity index (χ4v) is 4.08. The number of rotatable bonds is 2. The first kappa shape index (κ1) is 15.8. The third-order valence-corrected chi connectivity index (χ3v) is 5.38. The predicted molar refractivity (Wildman–Crippen MR) is 97.8 cm³/mol. The van der Waals surface area contributed by atoms with E-state index in [1.807, 2.05) is 23.9 Å². The van der Waals surface area contributed by atoms with E-state index in [2.05, 4.69) is 10.2 Å². The van der Waals surface area contributed by atoms with Crippen LogP contribution in [0.3, 0.4) is 0 Å². The fraction of sp³-hybridized carbons (Fsp3) is 0.235. The molecule has 4 rings (SSSR count). The van der Waals surface area contributed by atoms with Crippen molar-refractivity contribution < 1.29 is 9.59 Å². The van der Waals surface area contributed by atoms with Crippen molar-refractivity contribution in [3.8, 4) is 5.69 Å². The Kier molecular flexibility index (Phi) is 3.76. The molecule has 1 aromatic carbocycles. The zero-order valence-corrected chi connectivity index (χ0v) is 14.1. The second-order valence-electron chi connectivity index (χ2n) is 5.89. The smallest absolute Gasteiger partial charge is 0.262 e. The molecule has 0 aliphatic carbocycles. The van der Waals surface area contributed by atoms with Gasteiger partial charge in [0.1, 0.15) is 5.82 Å². The second-order valence-corrected chi connectivity index (χ2v) is 7.12. The molecule has 128 valence electrons. The van der Waals surface area contributed by atoms with E-state index >= 15 is 0 Å². The number of fused-ring (bicyclic) bond motifs is 1. The van der Waals surface area contributed by atoms with Gasteiger partial charge in [0, 0.05) is 36.3 Å². The monoisotopic (exact) mass is 356 g/mol. The molecule has 3 heterocycles. The quantitative estimate of drug-likeness (QED) is 0.775. The minimum absolute atomic E-state index is 0.0204. The van der Waals surface area contributed by atoms with Gasteiger partial charge in [0.25, 0.3) is 17.4 Å². The minimum Gasteiger partial charge on any atom is -0.384 e. The van der Waals surface area contributed by atoms with Gasteiger partial charge in [-0.15, -0.1) is 0 Å². The topological polar surface area (TPSA) is 97.4 Å². The molecule has 7 nitrogen and oxygen atoms in total. The number of aromatic nitrogens is 1. The molecule has 0 radical (unpaired) electrons. The van der Waals surface area contributed by atoms with Crippen molar-refractivity contribution >= 4 is 35.1 Å². The first-order chi connectivity index (χ1) is 12.1. The van der Waals surface area contributed by atoms with Crippen LogP contribution in [0.25, 0.3) is 5.69 Å². The first-order valence-corrected chi connectivity index (χ1v) is 9.06. The lowest BCUT2D eigenvalue weighted by Gasteiger charge is -2.28. The molecule has 0 atom stereocenters. The van der Waals surface area contributed by atoms with Crippen LogP contribution in [-0.4, -0.2) is 41.0 Å². The Hall–Kier alpha value is -2.74. The third-order valence-electron chi connectivity index (χ3n) is 4.44. The van der Waals surface area contributed by atoms with Crippen LogP contribution in [0.1, 0.15) is 20.7 Å². The summed E-state index contributed by atoms with van der Waals surface area (Å²) in [5, 5.41) is 2.16. The zero-order chi connectivity index (χ0) is 17.6. The molecule has 2 aromatic rings. The maximum absolute atomic E-state index is 12.4. The summed E-state index contributed by atoms with van der Waals surface area (Å²) in [5.41, 5.74) is 7.34. The lowest BCUT2D eigenvalue weighted by Crippen LogP contribution is -2.32. The largest absolute Gasteiger partial charge is 0.384 e. The molecule has 3 N–H and O–H groups in total. The lowest BCUT2D eigenvalue weighted by molar-refractivity contribution is 0.0880. The normalized spacial score (nSPS) is 16.7. The van der Waals surface area contributed by atoms with Gasteiger partial charge < -0.3 is 10.6 Å². The molecule has 1 aromatic heterocycles. The van der Waals surface area contributed by atoms with Crippen LogP contribution < -0.4 is 21.5 Å². The van der Waals surface area contributed by atoms with Crippen molar-refractivity contribution in [2.45, 2.75) is 0 Å². The number of thioether (sulfide) groups is 1. The summed E-state index contributed by atoms with van der Waals surface area (Å²) in [6, 6.07) is 8.64. The van der Waals surface area contributed by atoms with Crippen LogP contribution in [0.2, 0.25) is 0 Å². The number of carbonyl (C=O) groups is 2. The van der Waals surface area contributed by atoms with E-state index in [0.29, 0.717) is 5.69 Å². The van der Waals surface area contributed by atoms with Crippen molar-refractivity contribution in [2.75, 3.05) is 35.2 Å². The number of imide groups is 1. The van der Waals surface area contributed by atoms with Crippen LogP contribution in [0.5, 0.6) is 0 Å². The highest BCUT2D eigenvalue weighted by Crippen LogP contribution is 2.25. The SMILES string of the molecule is Nc1c2c(cc(=O)n1-c1ccc(N3CCSCC3)cc1)C(=O)NC2=O. The van der Waals surface area contributed by atoms with Gasteiger partial charge in [0.15, 0.2) is 0 Å². The van der Waals surface area contributed by atoms with E-state index in [-0.39, 0.29) is 16.9 Å². The van der Waals surface area contributed by atoms with Gasteiger partial charge in [-0.3, -0.25) is 24.3 Å². The van der Waals surface area contributed by atoms with Crippen LogP contribution >= 0.6 is 11.8 Å². The van der Waals surface area contributed by atoms with E-state index in [0.717, 1.165) is 36.3 Å². The Bertz CT molecular complexity index is 930. The van der Waals surface area contributed by atoms with Gasteiger partial charge in [-0.05, 0) is 24.3 Å². The number of nitrogens with one attached hydrogen (secondary N) is 1. The number of benzene rings is 1. The van der Waals surface area contributed by atoms with Crippen LogP contribution in [0.4, 0.5) is 11.5 Å². The number of carbonyl (C=O) groups excluding carboxylic acids is 2. The maximum atomic E-state index is 12.4. The Morgan fingerprint density at radius 3 is 2.28 bits per heavy atom. The summed E-state index contributed by atoms with van der Waals surface area (Å²) in [7, 11) is 0. The van der Waals surface area contributed by atoms with Crippen molar-refractivity contribution in [2.24, 2.45) is 0 Å². The van der Waals surface area contributed by atoms with E-state index in [1.54, 1.807) is 12.1 Å². The Morgan fingerprint density at radius 2 is 1.60 bits per heavy atom. The van der Waals surface area contributed by atoms with Gasteiger partial charge in [0.2, 0.25) is 0 Å². The van der Waals surface area contributed by atoms with E-state index < -0.39 is 17.4 Å². The van der Waals surface area contributed by atoms with Crippen molar-refractivity contribution in [1.82, 2.24) is 9.88 Å². The van der Waals surface area contributed by atoms with E-state index in [4.69, 9.17) is 5.73 Å². The number of hydrogen-bond acceptors (Lipinski definition) is 6. The molecule has 25 heavy (non-hydrogen) atoms. The highest BCUT2D eigenvalue weighted by Gasteiger charge is 2.31. The molecule has 0 spiro atoms. The number of pyridine rings is 1.